The average molecular weight is 484 g/mol. The van der Waals surface area contributed by atoms with Gasteiger partial charge in [-0.25, -0.2) is 0 Å². The molecule has 0 spiro atoms. The van der Waals surface area contributed by atoms with Crippen molar-refractivity contribution in [3.05, 3.63) is 52.3 Å². The zero-order valence-electron chi connectivity index (χ0n) is 18.1. The second kappa shape index (κ2) is 8.96. The van der Waals surface area contributed by atoms with Crippen LogP contribution in [0.25, 0.3) is 11.3 Å². The number of benzene rings is 1. The summed E-state index contributed by atoms with van der Waals surface area (Å²) in [5.74, 6) is -1.05. The zero-order chi connectivity index (χ0) is 24.6. The number of furan rings is 1. The van der Waals surface area contributed by atoms with Gasteiger partial charge in [-0.15, -0.1) is 6.42 Å². The van der Waals surface area contributed by atoms with E-state index in [1.54, 1.807) is 12.1 Å². The number of carboxylic acids is 1. The Labute approximate surface area is 198 Å². The molecular formula is C23H21N3O7S. The number of carbonyl (C=O) groups excluding carboxylic acids is 2. The van der Waals surface area contributed by atoms with Crippen LogP contribution in [0.3, 0.4) is 0 Å². The maximum Gasteiger partial charge on any atom is 0.324 e. The molecule has 0 aliphatic carbocycles. The van der Waals surface area contributed by atoms with Crippen LogP contribution >= 0.6 is 11.8 Å². The lowest BCUT2D eigenvalue weighted by Crippen LogP contribution is -2.56. The van der Waals surface area contributed by atoms with Gasteiger partial charge in [0.2, 0.25) is 11.8 Å². The smallest absolute Gasteiger partial charge is 0.324 e. The second-order valence-corrected chi connectivity index (χ2v) is 9.10. The quantitative estimate of drug-likeness (QED) is 0.250. The van der Waals surface area contributed by atoms with Crippen molar-refractivity contribution < 1.29 is 28.8 Å². The fraction of sp³-hybridized carbons (Fsp3) is 0.348. The molecule has 176 valence electrons. The number of hydrogen-bond acceptors (Lipinski definition) is 8. The number of fused-ring (bicyclic) bond motifs is 1. The molecule has 4 atom stereocenters. The first-order chi connectivity index (χ1) is 16.2. The molecule has 2 saturated heterocycles. The summed E-state index contributed by atoms with van der Waals surface area (Å²) >= 11 is 1.44. The Morgan fingerprint density at radius 2 is 2.00 bits per heavy atom. The molecule has 2 fully saturated rings. The number of terminal acetylenes is 1. The first-order valence-corrected chi connectivity index (χ1v) is 11.8. The van der Waals surface area contributed by atoms with Crippen molar-refractivity contribution in [2.75, 3.05) is 18.6 Å². The number of rotatable bonds is 8. The van der Waals surface area contributed by atoms with Crippen molar-refractivity contribution in [2.45, 2.75) is 18.0 Å². The lowest BCUT2D eigenvalue weighted by Gasteiger charge is -2.30. The van der Waals surface area contributed by atoms with Gasteiger partial charge < -0.3 is 9.52 Å². The summed E-state index contributed by atoms with van der Waals surface area (Å²) in [7, 11) is 0. The van der Waals surface area contributed by atoms with Gasteiger partial charge in [-0.05, 0) is 42.7 Å². The summed E-state index contributed by atoms with van der Waals surface area (Å²) in [4.78, 5) is 50.2. The van der Waals surface area contributed by atoms with Gasteiger partial charge in [-0.2, -0.15) is 11.8 Å². The number of amides is 2. The number of imide groups is 1. The van der Waals surface area contributed by atoms with Crippen LogP contribution in [0.4, 0.5) is 5.69 Å². The van der Waals surface area contributed by atoms with Crippen LogP contribution in [0.1, 0.15) is 18.2 Å². The molecule has 3 heterocycles. The maximum absolute atomic E-state index is 13.2. The minimum absolute atomic E-state index is 0.0699. The standard InChI is InChI=1S/C23H21N3O7S/c1-3-11-25-20(27)17-18(21(25)28)23(22(29)30,10-12-34-2)24-19(17)16-9-8-15(33-16)13-4-6-14(7-5-13)26(31)32/h1,4-9,17-19,24H,10-12H2,2H3,(H,29,30). The Morgan fingerprint density at radius 3 is 2.59 bits per heavy atom. The van der Waals surface area contributed by atoms with E-state index in [1.165, 1.54) is 36.0 Å². The van der Waals surface area contributed by atoms with E-state index < -0.39 is 46.1 Å². The molecule has 2 aliphatic heterocycles. The van der Waals surface area contributed by atoms with Crippen molar-refractivity contribution in [3.8, 4) is 23.7 Å². The lowest BCUT2D eigenvalue weighted by molar-refractivity contribution is -0.384. The molecule has 4 rings (SSSR count). The highest BCUT2D eigenvalue weighted by molar-refractivity contribution is 7.98. The number of aliphatic carboxylic acids is 1. The predicted molar refractivity (Wildman–Crippen MR) is 123 cm³/mol. The summed E-state index contributed by atoms with van der Waals surface area (Å²) in [6.45, 7) is -0.234. The number of nitrogens with one attached hydrogen (secondary N) is 1. The normalized spacial score (nSPS) is 25.9. The molecule has 11 heteroatoms. The molecule has 34 heavy (non-hydrogen) atoms. The van der Waals surface area contributed by atoms with Crippen LogP contribution in [0.15, 0.2) is 40.8 Å². The van der Waals surface area contributed by atoms with E-state index in [0.717, 1.165) is 4.90 Å². The minimum Gasteiger partial charge on any atom is -0.480 e. The predicted octanol–water partition coefficient (Wildman–Crippen LogP) is 2.31. The van der Waals surface area contributed by atoms with Gasteiger partial charge in [0.25, 0.3) is 5.69 Å². The molecule has 1 aromatic heterocycles. The Hall–Kier alpha value is -3.62. The molecule has 0 saturated carbocycles. The van der Waals surface area contributed by atoms with E-state index in [4.69, 9.17) is 10.8 Å². The van der Waals surface area contributed by atoms with E-state index in [1.807, 2.05) is 6.26 Å². The lowest BCUT2D eigenvalue weighted by atomic mass is 9.78. The number of nitrogens with zero attached hydrogens (tertiary/aromatic N) is 2. The summed E-state index contributed by atoms with van der Waals surface area (Å²) < 4.78 is 5.97. The molecule has 1 aromatic carbocycles. The highest BCUT2D eigenvalue weighted by Crippen LogP contribution is 2.50. The van der Waals surface area contributed by atoms with E-state index in [2.05, 4.69) is 11.2 Å². The number of carbonyl (C=O) groups is 3. The summed E-state index contributed by atoms with van der Waals surface area (Å²) in [6, 6.07) is 8.13. The Morgan fingerprint density at radius 1 is 1.29 bits per heavy atom. The molecular weight excluding hydrogens is 462 g/mol. The van der Waals surface area contributed by atoms with Gasteiger partial charge in [0.05, 0.1) is 29.3 Å². The molecule has 0 radical (unpaired) electrons. The van der Waals surface area contributed by atoms with Crippen LogP contribution in [0, 0.1) is 34.3 Å². The number of non-ortho nitro benzene ring substituents is 1. The van der Waals surface area contributed by atoms with E-state index in [9.17, 15) is 29.6 Å². The maximum atomic E-state index is 13.2. The second-order valence-electron chi connectivity index (χ2n) is 8.12. The largest absolute Gasteiger partial charge is 0.480 e. The molecule has 4 unspecified atom stereocenters. The number of nitro benzene ring substituents is 1. The van der Waals surface area contributed by atoms with Crippen molar-refractivity contribution in [1.29, 1.82) is 0 Å². The average Bonchev–Trinajstić information content (AvgIpc) is 3.49. The molecule has 0 bridgehead atoms. The molecule has 2 amide bonds. The molecule has 2 aliphatic rings. The van der Waals surface area contributed by atoms with Crippen molar-refractivity contribution >= 4 is 35.2 Å². The summed E-state index contributed by atoms with van der Waals surface area (Å²) in [5, 5.41) is 24.2. The van der Waals surface area contributed by atoms with Crippen LogP contribution < -0.4 is 5.32 Å². The van der Waals surface area contributed by atoms with Crippen molar-refractivity contribution in [3.63, 3.8) is 0 Å². The number of nitro groups is 1. The SMILES string of the molecule is C#CCN1C(=O)C2C(c3ccc(-c4ccc([N+](=O)[O-])cc4)o3)NC(CCSC)(C(=O)O)C2C1=O. The molecule has 2 N–H and O–H groups in total. The first-order valence-electron chi connectivity index (χ1n) is 10.4. The van der Waals surface area contributed by atoms with Crippen LogP contribution in [0.2, 0.25) is 0 Å². The monoisotopic (exact) mass is 483 g/mol. The van der Waals surface area contributed by atoms with E-state index in [-0.39, 0.29) is 18.7 Å². The van der Waals surface area contributed by atoms with Crippen molar-refractivity contribution in [1.82, 2.24) is 10.2 Å². The minimum atomic E-state index is -1.66. The molecule has 10 nitrogen and oxygen atoms in total. The Kier molecular flexibility index (Phi) is 6.20. The van der Waals surface area contributed by atoms with Gasteiger partial charge >= 0.3 is 5.97 Å². The van der Waals surface area contributed by atoms with Gasteiger partial charge in [-0.1, -0.05) is 5.92 Å². The Bertz CT molecular complexity index is 1200. The van der Waals surface area contributed by atoms with Gasteiger partial charge in [0.1, 0.15) is 17.1 Å². The highest BCUT2D eigenvalue weighted by atomic mass is 32.2. The van der Waals surface area contributed by atoms with Crippen LogP contribution in [0.5, 0.6) is 0 Å². The Balaban J connectivity index is 1.74. The number of likely N-dealkylation sites (tertiary alicyclic amines) is 1. The summed E-state index contributed by atoms with van der Waals surface area (Å²) in [6.07, 6.45) is 7.29. The third-order valence-electron chi connectivity index (χ3n) is 6.37. The van der Waals surface area contributed by atoms with E-state index in [0.29, 0.717) is 22.8 Å². The van der Waals surface area contributed by atoms with Gasteiger partial charge in [0.15, 0.2) is 0 Å². The van der Waals surface area contributed by atoms with Gasteiger partial charge in [0, 0.05) is 17.7 Å². The number of thioether (sulfide) groups is 1. The first kappa shape index (κ1) is 23.5. The van der Waals surface area contributed by atoms with Crippen LogP contribution in [-0.2, 0) is 14.4 Å². The fourth-order valence-corrected chi connectivity index (χ4v) is 5.30. The van der Waals surface area contributed by atoms with Gasteiger partial charge in [-0.3, -0.25) is 34.7 Å². The molecule has 2 aromatic rings. The topological polar surface area (TPSA) is 143 Å². The summed E-state index contributed by atoms with van der Waals surface area (Å²) in [5.41, 5.74) is -1.16. The van der Waals surface area contributed by atoms with Crippen molar-refractivity contribution in [2.24, 2.45) is 11.8 Å². The third kappa shape index (κ3) is 3.65. The number of hydrogen-bond donors (Lipinski definition) is 2. The number of carboxylic acid groups (broad SMARTS) is 1. The third-order valence-corrected chi connectivity index (χ3v) is 6.99. The van der Waals surface area contributed by atoms with Crippen LogP contribution in [-0.4, -0.2) is 56.8 Å². The zero-order valence-corrected chi connectivity index (χ0v) is 18.9. The fourth-order valence-electron chi connectivity index (χ4n) is 4.77. The highest BCUT2D eigenvalue weighted by Gasteiger charge is 2.68. The van der Waals surface area contributed by atoms with E-state index >= 15 is 0 Å².